The summed E-state index contributed by atoms with van der Waals surface area (Å²) in [5.74, 6) is -0.0420. The Bertz CT molecular complexity index is 1090. The molecule has 2 amide bonds. The molecule has 0 fully saturated rings. The van der Waals surface area contributed by atoms with Gasteiger partial charge in [0, 0.05) is 5.56 Å². The summed E-state index contributed by atoms with van der Waals surface area (Å²) >= 11 is 0. The molecule has 3 N–H and O–H groups in total. The standard InChI is InChI=1S/C25H28N4O2/c1-16(2)25(3)14-22(30)29(24(26)28-25)15-17-7-6-9-19(13-17)23(31)27-21-12-11-18-8-4-5-10-20(18)21/h4-10,13,21H,1,11-12,14-15H2,2-3H3,(H2,26,28)(H,27,31)/t21-,25-/m0/s1. The van der Waals surface area contributed by atoms with E-state index in [2.05, 4.69) is 29.0 Å². The molecule has 2 aromatic rings. The van der Waals surface area contributed by atoms with E-state index < -0.39 is 5.54 Å². The molecular formula is C25H28N4O2. The Morgan fingerprint density at radius 1 is 1.29 bits per heavy atom. The van der Waals surface area contributed by atoms with Crippen molar-refractivity contribution in [3.63, 3.8) is 0 Å². The number of aliphatic imine (C=N–C) groups is 1. The Labute approximate surface area is 182 Å². The maximum atomic E-state index is 12.9. The molecule has 0 saturated heterocycles. The van der Waals surface area contributed by atoms with E-state index >= 15 is 0 Å². The summed E-state index contributed by atoms with van der Waals surface area (Å²) in [5, 5.41) is 3.15. The lowest BCUT2D eigenvalue weighted by molar-refractivity contribution is -0.129. The predicted octanol–water partition coefficient (Wildman–Crippen LogP) is 3.49. The molecule has 1 aliphatic carbocycles. The van der Waals surface area contributed by atoms with Crippen LogP contribution in [0.4, 0.5) is 0 Å². The van der Waals surface area contributed by atoms with Gasteiger partial charge in [0.05, 0.1) is 24.5 Å². The molecule has 0 saturated carbocycles. The van der Waals surface area contributed by atoms with Crippen LogP contribution in [-0.4, -0.2) is 28.2 Å². The van der Waals surface area contributed by atoms with Crippen LogP contribution in [0.1, 0.15) is 59.8 Å². The van der Waals surface area contributed by atoms with Gasteiger partial charge in [0.15, 0.2) is 5.96 Å². The van der Waals surface area contributed by atoms with E-state index in [9.17, 15) is 9.59 Å². The number of carbonyl (C=O) groups excluding carboxylic acids is 2. The third-order valence-electron chi connectivity index (χ3n) is 6.32. The van der Waals surface area contributed by atoms with Crippen LogP contribution in [0.2, 0.25) is 0 Å². The van der Waals surface area contributed by atoms with Gasteiger partial charge in [-0.1, -0.05) is 48.6 Å². The smallest absolute Gasteiger partial charge is 0.251 e. The maximum Gasteiger partial charge on any atom is 0.251 e. The first-order valence-electron chi connectivity index (χ1n) is 10.6. The fraction of sp³-hybridized carbons (Fsp3) is 0.320. The average molecular weight is 417 g/mol. The van der Waals surface area contributed by atoms with Crippen molar-refractivity contribution in [3.8, 4) is 0 Å². The van der Waals surface area contributed by atoms with Crippen molar-refractivity contribution >= 4 is 17.8 Å². The van der Waals surface area contributed by atoms with Crippen molar-refractivity contribution in [2.24, 2.45) is 10.7 Å². The summed E-state index contributed by atoms with van der Waals surface area (Å²) < 4.78 is 0. The van der Waals surface area contributed by atoms with Crippen molar-refractivity contribution in [2.45, 2.75) is 51.2 Å². The van der Waals surface area contributed by atoms with Gasteiger partial charge in [-0.3, -0.25) is 14.5 Å². The van der Waals surface area contributed by atoms with Crippen molar-refractivity contribution in [3.05, 3.63) is 82.9 Å². The van der Waals surface area contributed by atoms with E-state index in [0.717, 1.165) is 24.0 Å². The van der Waals surface area contributed by atoms with Crippen LogP contribution in [0.15, 0.2) is 65.7 Å². The van der Waals surface area contributed by atoms with Gasteiger partial charge in [-0.2, -0.15) is 0 Å². The molecule has 160 valence electrons. The Morgan fingerprint density at radius 3 is 2.81 bits per heavy atom. The fourth-order valence-corrected chi connectivity index (χ4v) is 4.23. The highest BCUT2D eigenvalue weighted by Crippen LogP contribution is 2.31. The van der Waals surface area contributed by atoms with Crippen LogP contribution < -0.4 is 11.1 Å². The molecule has 2 atom stereocenters. The number of hydrogen-bond acceptors (Lipinski definition) is 4. The Balaban J connectivity index is 1.48. The molecule has 1 heterocycles. The summed E-state index contributed by atoms with van der Waals surface area (Å²) in [4.78, 5) is 31.6. The molecule has 4 rings (SSSR count). The summed E-state index contributed by atoms with van der Waals surface area (Å²) in [6, 6.07) is 15.6. The zero-order valence-electron chi connectivity index (χ0n) is 18.0. The number of rotatable bonds is 5. The highest BCUT2D eigenvalue weighted by Gasteiger charge is 2.36. The molecule has 2 aromatic carbocycles. The molecule has 0 spiro atoms. The lowest BCUT2D eigenvalue weighted by Gasteiger charge is -2.35. The van der Waals surface area contributed by atoms with E-state index in [1.165, 1.54) is 16.0 Å². The van der Waals surface area contributed by atoms with Crippen LogP contribution in [0.5, 0.6) is 0 Å². The minimum absolute atomic E-state index is 0.0265. The van der Waals surface area contributed by atoms with Crippen molar-refractivity contribution < 1.29 is 9.59 Å². The zero-order chi connectivity index (χ0) is 22.2. The predicted molar refractivity (Wildman–Crippen MR) is 121 cm³/mol. The molecule has 0 unspecified atom stereocenters. The molecule has 1 aliphatic heterocycles. The molecular weight excluding hydrogens is 388 g/mol. The van der Waals surface area contributed by atoms with Crippen molar-refractivity contribution in [2.75, 3.05) is 0 Å². The van der Waals surface area contributed by atoms with Gasteiger partial charge in [-0.15, -0.1) is 0 Å². The lowest BCUT2D eigenvalue weighted by Crippen LogP contribution is -2.50. The number of aryl methyl sites for hydroxylation is 1. The largest absolute Gasteiger partial charge is 0.369 e. The van der Waals surface area contributed by atoms with Crippen LogP contribution >= 0.6 is 0 Å². The van der Waals surface area contributed by atoms with E-state index in [1.54, 1.807) is 6.07 Å². The van der Waals surface area contributed by atoms with E-state index in [4.69, 9.17) is 5.73 Å². The number of hydrogen-bond donors (Lipinski definition) is 2. The molecule has 6 nitrogen and oxygen atoms in total. The number of fused-ring (bicyclic) bond motifs is 1. The first-order valence-corrected chi connectivity index (χ1v) is 10.6. The highest BCUT2D eigenvalue weighted by atomic mass is 16.2. The SMILES string of the molecule is C=C(C)[C@]1(C)CC(=O)N(Cc2cccc(C(=O)N[C@H]3CCc4ccccc43)c2)C(N)=N1. The van der Waals surface area contributed by atoms with Gasteiger partial charge in [-0.25, -0.2) is 4.99 Å². The van der Waals surface area contributed by atoms with E-state index in [-0.39, 0.29) is 36.8 Å². The fourth-order valence-electron chi connectivity index (χ4n) is 4.23. The van der Waals surface area contributed by atoms with Crippen molar-refractivity contribution in [1.29, 1.82) is 0 Å². The first-order chi connectivity index (χ1) is 14.8. The summed E-state index contributed by atoms with van der Waals surface area (Å²) in [5.41, 5.74) is 10.1. The third kappa shape index (κ3) is 4.10. The molecule has 2 aliphatic rings. The molecule has 0 aromatic heterocycles. The monoisotopic (exact) mass is 416 g/mol. The maximum absolute atomic E-state index is 12.9. The summed E-state index contributed by atoms with van der Waals surface area (Å²) in [6.45, 7) is 7.93. The van der Waals surface area contributed by atoms with Crippen LogP contribution in [0, 0.1) is 0 Å². The number of benzene rings is 2. The Hall–Kier alpha value is -3.41. The number of nitrogens with zero attached hydrogens (tertiary/aromatic N) is 2. The quantitative estimate of drug-likeness (QED) is 0.732. The number of carbonyl (C=O) groups is 2. The second-order valence-electron chi connectivity index (χ2n) is 8.64. The number of amides is 2. The summed E-state index contributed by atoms with van der Waals surface area (Å²) in [7, 11) is 0. The second-order valence-corrected chi connectivity index (χ2v) is 8.64. The highest BCUT2D eigenvalue weighted by molar-refractivity contribution is 5.99. The Kier molecular flexibility index (Phi) is 5.39. The topological polar surface area (TPSA) is 87.8 Å². The normalized spacial score (nSPS) is 22.6. The average Bonchev–Trinajstić information content (AvgIpc) is 3.14. The van der Waals surface area contributed by atoms with Gasteiger partial charge in [0.2, 0.25) is 5.91 Å². The zero-order valence-corrected chi connectivity index (χ0v) is 18.0. The molecule has 0 radical (unpaired) electrons. The minimum atomic E-state index is -0.670. The van der Waals surface area contributed by atoms with Crippen LogP contribution in [0.25, 0.3) is 0 Å². The van der Waals surface area contributed by atoms with Gasteiger partial charge in [0.25, 0.3) is 5.91 Å². The summed E-state index contributed by atoms with van der Waals surface area (Å²) in [6.07, 6.45) is 2.10. The number of nitrogens with one attached hydrogen (secondary N) is 1. The lowest BCUT2D eigenvalue weighted by atomic mass is 9.89. The number of guanidine groups is 1. The van der Waals surface area contributed by atoms with Crippen LogP contribution in [-0.2, 0) is 17.8 Å². The van der Waals surface area contributed by atoms with Crippen molar-refractivity contribution in [1.82, 2.24) is 10.2 Å². The van der Waals surface area contributed by atoms with Gasteiger partial charge >= 0.3 is 0 Å². The van der Waals surface area contributed by atoms with Crippen LogP contribution in [0.3, 0.4) is 0 Å². The number of nitrogens with two attached hydrogens (primary N) is 1. The molecule has 6 heteroatoms. The van der Waals surface area contributed by atoms with E-state index in [1.807, 2.05) is 44.2 Å². The van der Waals surface area contributed by atoms with E-state index in [0.29, 0.717) is 5.56 Å². The first kappa shape index (κ1) is 20.8. The molecule has 31 heavy (non-hydrogen) atoms. The van der Waals surface area contributed by atoms with Gasteiger partial charge < -0.3 is 11.1 Å². The molecule has 0 bridgehead atoms. The Morgan fingerprint density at radius 2 is 2.06 bits per heavy atom. The van der Waals surface area contributed by atoms with Gasteiger partial charge in [-0.05, 0) is 55.5 Å². The second kappa shape index (κ2) is 8.02. The minimum Gasteiger partial charge on any atom is -0.369 e. The van der Waals surface area contributed by atoms with Gasteiger partial charge in [0.1, 0.15) is 0 Å². The third-order valence-corrected chi connectivity index (χ3v) is 6.32.